The molecule has 9 nitrogen and oxygen atoms in total. The second-order valence-electron chi connectivity index (χ2n) is 4.72. The lowest BCUT2D eigenvalue weighted by Gasteiger charge is -2.12. The van der Waals surface area contributed by atoms with E-state index in [1.807, 2.05) is 0 Å². The number of imidazole rings is 1. The van der Waals surface area contributed by atoms with Gasteiger partial charge in [-0.3, -0.25) is 4.98 Å². The molecule has 0 aliphatic carbocycles. The van der Waals surface area contributed by atoms with Crippen LogP contribution in [0.15, 0.2) is 6.33 Å². The van der Waals surface area contributed by atoms with Crippen molar-refractivity contribution in [3.63, 3.8) is 0 Å². The molecular weight excluding hydrogens is 280 g/mol. The number of hydrogen-bond donors (Lipinski definition) is 3. The Hall–Kier alpha value is -1.97. The van der Waals surface area contributed by atoms with Crippen LogP contribution in [0.25, 0.3) is 11.2 Å². The molecular formula is C12H17N4O5+. The minimum absolute atomic E-state index is 0.242. The predicted molar refractivity (Wildman–Crippen MR) is 68.8 cm³/mol. The third-order valence-corrected chi connectivity index (χ3v) is 3.50. The fourth-order valence-corrected chi connectivity index (χ4v) is 2.44. The third-order valence-electron chi connectivity index (χ3n) is 3.50. The van der Waals surface area contributed by atoms with E-state index in [2.05, 4.69) is 15.0 Å². The number of hydrogen-bond acceptors (Lipinski definition) is 7. The average Bonchev–Trinajstić information content (AvgIpc) is 3.08. The van der Waals surface area contributed by atoms with E-state index in [-0.39, 0.29) is 6.61 Å². The van der Waals surface area contributed by atoms with Crippen molar-refractivity contribution in [3.05, 3.63) is 6.33 Å². The van der Waals surface area contributed by atoms with Crippen molar-refractivity contribution in [2.75, 3.05) is 20.8 Å². The van der Waals surface area contributed by atoms with Gasteiger partial charge in [0.25, 0.3) is 12.3 Å². The Morgan fingerprint density at radius 1 is 1.48 bits per heavy atom. The molecule has 0 radical (unpaired) electrons. The lowest BCUT2D eigenvalue weighted by molar-refractivity contribution is -0.763. The lowest BCUT2D eigenvalue weighted by Crippen LogP contribution is -2.41. The minimum Gasteiger partial charge on any atom is -0.468 e. The molecule has 3 heterocycles. The number of aromatic amines is 1. The van der Waals surface area contributed by atoms with Crippen LogP contribution in [-0.2, 0) is 4.74 Å². The van der Waals surface area contributed by atoms with Crippen LogP contribution in [0.4, 0.5) is 0 Å². The van der Waals surface area contributed by atoms with E-state index in [9.17, 15) is 5.11 Å². The van der Waals surface area contributed by atoms with Gasteiger partial charge in [0, 0.05) is 6.42 Å². The molecule has 1 aliphatic rings. The Morgan fingerprint density at radius 3 is 2.90 bits per heavy atom. The van der Waals surface area contributed by atoms with Gasteiger partial charge in [0.1, 0.15) is 6.10 Å². The highest BCUT2D eigenvalue weighted by atomic mass is 16.5. The zero-order valence-corrected chi connectivity index (χ0v) is 11.7. The van der Waals surface area contributed by atoms with E-state index >= 15 is 0 Å². The van der Waals surface area contributed by atoms with Gasteiger partial charge in [0.15, 0.2) is 0 Å². The smallest absolute Gasteiger partial charge is 0.316 e. The number of nitrogens with one attached hydrogen (secondary N) is 1. The van der Waals surface area contributed by atoms with Crippen LogP contribution in [0.3, 0.4) is 0 Å². The summed E-state index contributed by atoms with van der Waals surface area (Å²) < 4.78 is 17.7. The van der Waals surface area contributed by atoms with E-state index < -0.39 is 18.4 Å². The lowest BCUT2D eigenvalue weighted by atomic mass is 10.2. The molecule has 21 heavy (non-hydrogen) atoms. The summed E-state index contributed by atoms with van der Waals surface area (Å²) in [6, 6.07) is 0.328. The monoisotopic (exact) mass is 297 g/mol. The molecule has 9 heteroatoms. The number of nitrogens with zero attached hydrogens (tertiary/aromatic N) is 3. The summed E-state index contributed by atoms with van der Waals surface area (Å²) in [4.78, 5) is 11.3. The minimum atomic E-state index is -0.732. The van der Waals surface area contributed by atoms with Crippen LogP contribution in [0, 0.1) is 0 Å². The first-order valence-corrected chi connectivity index (χ1v) is 6.50. The van der Waals surface area contributed by atoms with Crippen LogP contribution >= 0.6 is 0 Å². The Labute approximate surface area is 120 Å². The average molecular weight is 297 g/mol. The van der Waals surface area contributed by atoms with Gasteiger partial charge in [-0.2, -0.15) is 9.55 Å². The first-order valence-electron chi connectivity index (χ1n) is 6.50. The maximum Gasteiger partial charge on any atom is 0.316 e. The standard InChI is InChI=1S/C12H16N4O5/c1-19-11-9-10(15-12(14-9)20-2)13-5-16(11)8-3-6(18)7(4-17)21-8/h5-8,17-18H,3-4H2,1-2H3/p+1/t6-,7+,8?/m0/s1. The van der Waals surface area contributed by atoms with Crippen molar-refractivity contribution in [1.29, 1.82) is 0 Å². The Balaban J connectivity index is 2.02. The molecule has 0 aromatic carbocycles. The van der Waals surface area contributed by atoms with Crippen LogP contribution in [-0.4, -0.2) is 58.2 Å². The van der Waals surface area contributed by atoms with E-state index in [0.29, 0.717) is 29.5 Å². The van der Waals surface area contributed by atoms with Crippen LogP contribution < -0.4 is 14.0 Å². The fraction of sp³-hybridized carbons (Fsp3) is 0.583. The maximum absolute atomic E-state index is 9.84. The molecule has 0 saturated carbocycles. The number of H-pyrrole nitrogens is 1. The summed E-state index contributed by atoms with van der Waals surface area (Å²) in [5.74, 6) is 0.464. The number of fused-ring (bicyclic) bond motifs is 1. The first-order chi connectivity index (χ1) is 10.2. The molecule has 2 aromatic heterocycles. The largest absolute Gasteiger partial charge is 0.468 e. The van der Waals surface area contributed by atoms with Gasteiger partial charge < -0.3 is 24.4 Å². The summed E-state index contributed by atoms with van der Waals surface area (Å²) in [7, 11) is 3.02. The SMILES string of the molecule is COc1nc2nc[n+](C3C[C@H](O)[C@@H](CO)O3)c(OC)c2[nH]1. The molecule has 3 N–H and O–H groups in total. The summed E-state index contributed by atoms with van der Waals surface area (Å²) in [6.07, 6.45) is 0.0465. The zero-order chi connectivity index (χ0) is 15.0. The molecule has 114 valence electrons. The van der Waals surface area contributed by atoms with Crippen LogP contribution in [0.1, 0.15) is 12.6 Å². The van der Waals surface area contributed by atoms with Gasteiger partial charge >= 0.3 is 11.5 Å². The van der Waals surface area contributed by atoms with E-state index in [0.717, 1.165) is 0 Å². The van der Waals surface area contributed by atoms with Crippen molar-refractivity contribution in [3.8, 4) is 11.9 Å². The molecule has 0 amide bonds. The highest BCUT2D eigenvalue weighted by Crippen LogP contribution is 2.28. The maximum atomic E-state index is 9.84. The Bertz CT molecular complexity index is 646. The highest BCUT2D eigenvalue weighted by Gasteiger charge is 2.39. The quantitative estimate of drug-likeness (QED) is 0.614. The number of methoxy groups -OCH3 is 2. The Morgan fingerprint density at radius 2 is 2.29 bits per heavy atom. The molecule has 3 atom stereocenters. The fourth-order valence-electron chi connectivity index (χ4n) is 2.44. The van der Waals surface area contributed by atoms with E-state index in [1.165, 1.54) is 20.5 Å². The van der Waals surface area contributed by atoms with E-state index in [4.69, 9.17) is 19.3 Å². The number of aromatic nitrogens is 4. The first kappa shape index (κ1) is 14.0. The molecule has 1 aliphatic heterocycles. The second kappa shape index (κ2) is 5.43. The molecule has 2 aromatic rings. The second-order valence-corrected chi connectivity index (χ2v) is 4.72. The normalized spacial score (nSPS) is 25.4. The highest BCUT2D eigenvalue weighted by molar-refractivity contribution is 5.75. The van der Waals surface area contributed by atoms with Crippen LogP contribution in [0.5, 0.6) is 11.9 Å². The van der Waals surface area contributed by atoms with E-state index in [1.54, 1.807) is 4.57 Å². The van der Waals surface area contributed by atoms with Crippen molar-refractivity contribution in [1.82, 2.24) is 15.0 Å². The van der Waals surface area contributed by atoms with Gasteiger partial charge in [-0.15, -0.1) is 0 Å². The molecule has 1 fully saturated rings. The van der Waals surface area contributed by atoms with Gasteiger partial charge in [-0.05, 0) is 4.98 Å². The van der Waals surface area contributed by atoms with Gasteiger partial charge in [0.2, 0.25) is 11.7 Å². The van der Waals surface area contributed by atoms with Crippen molar-refractivity contribution < 1.29 is 29.0 Å². The summed E-state index contributed by atoms with van der Waals surface area (Å²) in [5, 5.41) is 19.0. The number of aliphatic hydroxyl groups is 2. The van der Waals surface area contributed by atoms with Gasteiger partial charge in [0.05, 0.1) is 26.9 Å². The molecule has 0 spiro atoms. The van der Waals surface area contributed by atoms with Gasteiger partial charge in [-0.1, -0.05) is 0 Å². The third kappa shape index (κ3) is 2.28. The predicted octanol–water partition coefficient (Wildman–Crippen LogP) is -1.10. The topological polar surface area (TPSA) is 114 Å². The summed E-state index contributed by atoms with van der Waals surface area (Å²) >= 11 is 0. The van der Waals surface area contributed by atoms with Crippen molar-refractivity contribution >= 4 is 11.2 Å². The number of ether oxygens (including phenoxy) is 3. The molecule has 0 bridgehead atoms. The summed E-state index contributed by atoms with van der Waals surface area (Å²) in [6.45, 7) is -0.242. The number of aliphatic hydroxyl groups excluding tert-OH is 2. The van der Waals surface area contributed by atoms with Gasteiger partial charge in [-0.25, -0.2) is 0 Å². The van der Waals surface area contributed by atoms with Crippen LogP contribution in [0.2, 0.25) is 0 Å². The number of rotatable bonds is 4. The molecule has 3 rings (SSSR count). The van der Waals surface area contributed by atoms with Crippen molar-refractivity contribution in [2.24, 2.45) is 0 Å². The van der Waals surface area contributed by atoms with Crippen molar-refractivity contribution in [2.45, 2.75) is 24.9 Å². The Kier molecular flexibility index (Phi) is 3.62. The molecule has 1 unspecified atom stereocenters. The molecule has 1 saturated heterocycles. The zero-order valence-electron chi connectivity index (χ0n) is 11.7. The summed E-state index contributed by atoms with van der Waals surface area (Å²) in [5.41, 5.74) is 1.03.